The van der Waals surface area contributed by atoms with Crippen molar-refractivity contribution in [1.82, 2.24) is 10.3 Å². The lowest BCUT2D eigenvalue weighted by Crippen LogP contribution is -2.30. The number of aromatic nitrogens is 1. The molecule has 1 heterocycles. The largest absolute Gasteiger partial charge is 0.458 e. The average Bonchev–Trinajstić information content (AvgIpc) is 3.14. The summed E-state index contributed by atoms with van der Waals surface area (Å²) in [7, 11) is 0. The van der Waals surface area contributed by atoms with E-state index in [1.165, 1.54) is 23.5 Å². The maximum atomic E-state index is 13.0. The molecule has 1 N–H and O–H groups in total. The number of carbonyl (C=O) groups excluding carboxylic acids is 2. The minimum atomic E-state index is -0.575. The van der Waals surface area contributed by atoms with Gasteiger partial charge in [0.15, 0.2) is 0 Å². The smallest absolute Gasteiger partial charge is 0.325 e. The van der Waals surface area contributed by atoms with E-state index in [2.05, 4.69) is 10.3 Å². The van der Waals surface area contributed by atoms with E-state index >= 15 is 0 Å². The molecule has 0 spiro atoms. The molecule has 0 bridgehead atoms. The highest BCUT2D eigenvalue weighted by Gasteiger charge is 2.11. The van der Waals surface area contributed by atoms with Crippen LogP contribution < -0.4 is 5.32 Å². The molecule has 0 aliphatic carbocycles. The molecule has 0 aliphatic rings. The van der Waals surface area contributed by atoms with Gasteiger partial charge in [-0.05, 0) is 48.5 Å². The number of carbonyl (C=O) groups is 2. The van der Waals surface area contributed by atoms with E-state index in [1.807, 2.05) is 0 Å². The standard InChI is InChI=1S/C19H14ClFN2O3S/c20-14-5-1-12(2-6-14)18(25)22-9-17(24)26-10-16-11-27-19(23-16)13-3-7-15(21)8-4-13/h1-8,11H,9-10H2,(H,22,25). The summed E-state index contributed by atoms with van der Waals surface area (Å²) in [4.78, 5) is 28.1. The number of nitrogens with one attached hydrogen (secondary N) is 1. The summed E-state index contributed by atoms with van der Waals surface area (Å²) in [5, 5.41) is 5.47. The van der Waals surface area contributed by atoms with Crippen LogP contribution in [0.25, 0.3) is 10.6 Å². The number of ether oxygens (including phenoxy) is 1. The van der Waals surface area contributed by atoms with Gasteiger partial charge in [-0.15, -0.1) is 11.3 Å². The van der Waals surface area contributed by atoms with Gasteiger partial charge in [-0.3, -0.25) is 9.59 Å². The second-order valence-corrected chi connectivity index (χ2v) is 6.80. The number of esters is 1. The first-order valence-corrected chi connectivity index (χ1v) is 9.17. The van der Waals surface area contributed by atoms with Crippen molar-refractivity contribution in [2.24, 2.45) is 0 Å². The van der Waals surface area contributed by atoms with E-state index in [0.29, 0.717) is 21.3 Å². The van der Waals surface area contributed by atoms with Gasteiger partial charge < -0.3 is 10.1 Å². The molecule has 8 heteroatoms. The van der Waals surface area contributed by atoms with Gasteiger partial charge in [0, 0.05) is 21.5 Å². The van der Waals surface area contributed by atoms with Gasteiger partial charge in [-0.25, -0.2) is 9.37 Å². The molecule has 0 saturated carbocycles. The molecule has 0 aliphatic heterocycles. The summed E-state index contributed by atoms with van der Waals surface area (Å²) in [5.41, 5.74) is 1.77. The molecule has 0 saturated heterocycles. The van der Waals surface area contributed by atoms with Crippen LogP contribution in [-0.4, -0.2) is 23.4 Å². The summed E-state index contributed by atoms with van der Waals surface area (Å²) >= 11 is 7.13. The fraction of sp³-hybridized carbons (Fsp3) is 0.105. The molecule has 0 radical (unpaired) electrons. The quantitative estimate of drug-likeness (QED) is 0.629. The van der Waals surface area contributed by atoms with Crippen molar-refractivity contribution in [3.8, 4) is 10.6 Å². The van der Waals surface area contributed by atoms with Crippen molar-refractivity contribution in [1.29, 1.82) is 0 Å². The van der Waals surface area contributed by atoms with Crippen LogP contribution in [0.4, 0.5) is 4.39 Å². The van der Waals surface area contributed by atoms with E-state index < -0.39 is 11.9 Å². The van der Waals surface area contributed by atoms with Crippen molar-refractivity contribution in [2.45, 2.75) is 6.61 Å². The van der Waals surface area contributed by atoms with Crippen LogP contribution in [0.2, 0.25) is 5.02 Å². The third kappa shape index (κ3) is 5.35. The number of hydrogen-bond acceptors (Lipinski definition) is 5. The number of thiazole rings is 1. The molecule has 3 aromatic rings. The topological polar surface area (TPSA) is 68.3 Å². The fourth-order valence-corrected chi connectivity index (χ4v) is 3.10. The Morgan fingerprint density at radius 3 is 2.52 bits per heavy atom. The van der Waals surface area contributed by atoms with E-state index in [4.69, 9.17) is 16.3 Å². The van der Waals surface area contributed by atoms with Gasteiger partial charge in [0.1, 0.15) is 24.0 Å². The Balaban J connectivity index is 1.47. The van der Waals surface area contributed by atoms with Gasteiger partial charge in [0.2, 0.25) is 0 Å². The summed E-state index contributed by atoms with van der Waals surface area (Å²) in [6.45, 7) is -0.260. The third-order valence-electron chi connectivity index (χ3n) is 3.52. The van der Waals surface area contributed by atoms with Gasteiger partial charge in [-0.1, -0.05) is 11.6 Å². The van der Waals surface area contributed by atoms with Crippen LogP contribution in [0.1, 0.15) is 16.1 Å². The second-order valence-electron chi connectivity index (χ2n) is 5.50. The van der Waals surface area contributed by atoms with Gasteiger partial charge in [-0.2, -0.15) is 0 Å². The Morgan fingerprint density at radius 2 is 1.81 bits per heavy atom. The summed E-state index contributed by atoms with van der Waals surface area (Å²) < 4.78 is 18.1. The third-order valence-corrected chi connectivity index (χ3v) is 4.72. The Hall–Kier alpha value is -2.77. The molecule has 3 rings (SSSR count). The van der Waals surface area contributed by atoms with Crippen LogP contribution in [-0.2, 0) is 16.1 Å². The summed E-state index contributed by atoms with van der Waals surface area (Å²) in [5.74, 6) is -1.28. The van der Waals surface area contributed by atoms with Crippen LogP contribution in [0.3, 0.4) is 0 Å². The summed E-state index contributed by atoms with van der Waals surface area (Å²) in [6, 6.07) is 12.3. The Kier molecular flexibility index (Phi) is 6.16. The zero-order valence-electron chi connectivity index (χ0n) is 13.9. The van der Waals surface area contributed by atoms with Crippen molar-refractivity contribution >= 4 is 34.8 Å². The average molecular weight is 405 g/mol. The van der Waals surface area contributed by atoms with Crippen molar-refractivity contribution in [3.63, 3.8) is 0 Å². The minimum absolute atomic E-state index is 0.00660. The van der Waals surface area contributed by atoms with Crippen LogP contribution in [0.15, 0.2) is 53.9 Å². The van der Waals surface area contributed by atoms with Crippen LogP contribution in [0.5, 0.6) is 0 Å². The van der Waals surface area contributed by atoms with Crippen LogP contribution >= 0.6 is 22.9 Å². The number of benzene rings is 2. The van der Waals surface area contributed by atoms with E-state index in [0.717, 1.165) is 5.56 Å². The van der Waals surface area contributed by atoms with Crippen molar-refractivity contribution in [2.75, 3.05) is 6.54 Å². The van der Waals surface area contributed by atoms with E-state index in [9.17, 15) is 14.0 Å². The van der Waals surface area contributed by atoms with Gasteiger partial charge in [0.25, 0.3) is 5.91 Å². The first kappa shape index (κ1) is 19.0. The van der Waals surface area contributed by atoms with Crippen LogP contribution in [0, 0.1) is 5.82 Å². The van der Waals surface area contributed by atoms with Crippen molar-refractivity contribution < 1.29 is 18.7 Å². The van der Waals surface area contributed by atoms with E-state index in [-0.39, 0.29) is 19.0 Å². The predicted molar refractivity (Wildman–Crippen MR) is 101 cm³/mol. The first-order chi connectivity index (χ1) is 13.0. The highest BCUT2D eigenvalue weighted by Crippen LogP contribution is 2.24. The maximum absolute atomic E-state index is 13.0. The monoisotopic (exact) mass is 404 g/mol. The molecule has 0 fully saturated rings. The molecule has 0 unspecified atom stereocenters. The van der Waals surface area contributed by atoms with E-state index in [1.54, 1.807) is 41.8 Å². The number of halogens is 2. The molecule has 0 atom stereocenters. The number of amides is 1. The first-order valence-electron chi connectivity index (χ1n) is 7.91. The maximum Gasteiger partial charge on any atom is 0.325 e. The Labute approximate surface area is 163 Å². The molecule has 5 nitrogen and oxygen atoms in total. The Bertz CT molecular complexity index is 942. The molecular weight excluding hydrogens is 391 g/mol. The zero-order valence-corrected chi connectivity index (χ0v) is 15.5. The molecule has 1 aromatic heterocycles. The molecular formula is C19H14ClFN2O3S. The number of hydrogen-bond donors (Lipinski definition) is 1. The second kappa shape index (κ2) is 8.75. The normalized spacial score (nSPS) is 10.4. The number of nitrogens with zero attached hydrogens (tertiary/aromatic N) is 1. The lowest BCUT2D eigenvalue weighted by molar-refractivity contribution is -0.143. The lowest BCUT2D eigenvalue weighted by atomic mass is 10.2. The van der Waals surface area contributed by atoms with Gasteiger partial charge in [0.05, 0.1) is 5.69 Å². The predicted octanol–water partition coefficient (Wildman–Crippen LogP) is 4.08. The molecule has 2 aromatic carbocycles. The highest BCUT2D eigenvalue weighted by atomic mass is 35.5. The fourth-order valence-electron chi connectivity index (χ4n) is 2.16. The summed E-state index contributed by atoms with van der Waals surface area (Å²) in [6.07, 6.45) is 0. The Morgan fingerprint density at radius 1 is 1.11 bits per heavy atom. The number of rotatable bonds is 6. The highest BCUT2D eigenvalue weighted by molar-refractivity contribution is 7.13. The molecule has 1 amide bonds. The minimum Gasteiger partial charge on any atom is -0.458 e. The van der Waals surface area contributed by atoms with Crippen molar-refractivity contribution in [3.05, 3.63) is 76.0 Å². The molecule has 27 heavy (non-hydrogen) atoms. The van der Waals surface area contributed by atoms with Gasteiger partial charge >= 0.3 is 5.97 Å². The molecule has 138 valence electrons. The SMILES string of the molecule is O=C(CNC(=O)c1ccc(Cl)cc1)OCc1csc(-c2ccc(F)cc2)n1. The lowest BCUT2D eigenvalue weighted by Gasteiger charge is -2.05. The zero-order chi connectivity index (χ0) is 19.2.